The van der Waals surface area contributed by atoms with Crippen LogP contribution in [-0.2, 0) is 4.79 Å². The third kappa shape index (κ3) is 2.92. The van der Waals surface area contributed by atoms with Crippen LogP contribution in [0.3, 0.4) is 0 Å². The van der Waals surface area contributed by atoms with E-state index in [2.05, 4.69) is 0 Å². The van der Waals surface area contributed by atoms with Crippen molar-refractivity contribution in [1.82, 2.24) is 0 Å². The van der Waals surface area contributed by atoms with E-state index < -0.39 is 5.97 Å². The van der Waals surface area contributed by atoms with E-state index in [1.807, 2.05) is 22.6 Å². The molecule has 0 amide bonds. The number of ether oxygens (including phenoxy) is 2. The Morgan fingerprint density at radius 1 is 1.47 bits per heavy atom. The lowest BCUT2D eigenvalue weighted by molar-refractivity contribution is -0.132. The van der Waals surface area contributed by atoms with Crippen LogP contribution in [0.4, 0.5) is 0 Å². The van der Waals surface area contributed by atoms with Crippen LogP contribution in [0.15, 0.2) is 12.1 Å². The molecule has 5 heteroatoms. The van der Waals surface area contributed by atoms with Gasteiger partial charge in [0.15, 0.2) is 11.5 Å². The molecule has 0 atom stereocenters. The first-order chi connectivity index (χ1) is 7.08. The zero-order valence-corrected chi connectivity index (χ0v) is 10.4. The lowest BCUT2D eigenvalue weighted by Gasteiger charge is -2.10. The molecule has 1 aromatic carbocycles. The fraction of sp³-hybridized carbons (Fsp3) is 0.200. The Balaban J connectivity index is 3.25. The molecule has 1 aromatic rings. The molecular formula is C10H9IO4. The fourth-order valence-electron chi connectivity index (χ4n) is 1.08. The molecule has 0 spiro atoms. The van der Waals surface area contributed by atoms with Crippen LogP contribution >= 0.6 is 22.6 Å². The van der Waals surface area contributed by atoms with Crippen molar-refractivity contribution in [2.75, 3.05) is 7.11 Å². The van der Waals surface area contributed by atoms with Gasteiger partial charge in [-0.1, -0.05) is 0 Å². The SMILES string of the molecule is COc1c(I)cc(C=O)cc1OC(C)=O. The molecule has 0 heterocycles. The van der Waals surface area contributed by atoms with E-state index in [0.29, 0.717) is 17.6 Å². The third-order valence-electron chi connectivity index (χ3n) is 1.63. The largest absolute Gasteiger partial charge is 0.492 e. The minimum absolute atomic E-state index is 0.263. The Morgan fingerprint density at radius 3 is 2.60 bits per heavy atom. The first kappa shape index (κ1) is 12.0. The van der Waals surface area contributed by atoms with Gasteiger partial charge < -0.3 is 9.47 Å². The Kier molecular flexibility index (Phi) is 4.07. The van der Waals surface area contributed by atoms with Gasteiger partial charge in [0.25, 0.3) is 0 Å². The molecule has 0 unspecified atom stereocenters. The predicted octanol–water partition coefficient (Wildman–Crippen LogP) is 2.04. The number of carbonyl (C=O) groups is 2. The Morgan fingerprint density at radius 2 is 2.13 bits per heavy atom. The highest BCUT2D eigenvalue weighted by Gasteiger charge is 2.12. The molecular weight excluding hydrogens is 311 g/mol. The highest BCUT2D eigenvalue weighted by Crippen LogP contribution is 2.33. The monoisotopic (exact) mass is 320 g/mol. The Bertz CT molecular complexity index is 401. The van der Waals surface area contributed by atoms with Crippen molar-refractivity contribution in [3.63, 3.8) is 0 Å². The molecule has 0 fully saturated rings. The molecule has 0 aliphatic rings. The summed E-state index contributed by atoms with van der Waals surface area (Å²) in [6.45, 7) is 1.29. The second-order valence-corrected chi connectivity index (χ2v) is 3.91. The highest BCUT2D eigenvalue weighted by atomic mass is 127. The minimum Gasteiger partial charge on any atom is -0.492 e. The van der Waals surface area contributed by atoms with Crippen LogP contribution in [-0.4, -0.2) is 19.4 Å². The summed E-state index contributed by atoms with van der Waals surface area (Å²) in [5.41, 5.74) is 0.441. The fourth-order valence-corrected chi connectivity index (χ4v) is 1.93. The molecule has 0 aromatic heterocycles. The minimum atomic E-state index is -0.452. The van der Waals surface area contributed by atoms with E-state index >= 15 is 0 Å². The molecule has 15 heavy (non-hydrogen) atoms. The van der Waals surface area contributed by atoms with Crippen molar-refractivity contribution in [2.24, 2.45) is 0 Å². The van der Waals surface area contributed by atoms with Crippen LogP contribution in [0.5, 0.6) is 11.5 Å². The van der Waals surface area contributed by atoms with Crippen molar-refractivity contribution >= 4 is 34.8 Å². The number of hydrogen-bond acceptors (Lipinski definition) is 4. The lowest BCUT2D eigenvalue weighted by atomic mass is 10.2. The number of halogens is 1. The smallest absolute Gasteiger partial charge is 0.308 e. The van der Waals surface area contributed by atoms with E-state index in [0.717, 1.165) is 3.57 Å². The summed E-state index contributed by atoms with van der Waals surface area (Å²) in [7, 11) is 1.48. The maximum atomic E-state index is 10.8. The zero-order chi connectivity index (χ0) is 11.4. The summed E-state index contributed by atoms with van der Waals surface area (Å²) >= 11 is 2.01. The second-order valence-electron chi connectivity index (χ2n) is 2.75. The number of esters is 1. The number of carbonyl (C=O) groups excluding carboxylic acids is 2. The lowest BCUT2D eigenvalue weighted by Crippen LogP contribution is -2.04. The molecule has 0 aliphatic heterocycles. The van der Waals surface area contributed by atoms with Crippen molar-refractivity contribution in [3.8, 4) is 11.5 Å². The topological polar surface area (TPSA) is 52.6 Å². The van der Waals surface area contributed by atoms with Gasteiger partial charge in [0.2, 0.25) is 0 Å². The van der Waals surface area contributed by atoms with Crippen LogP contribution in [0, 0.1) is 3.57 Å². The van der Waals surface area contributed by atoms with E-state index in [9.17, 15) is 9.59 Å². The summed E-state index contributed by atoms with van der Waals surface area (Å²) < 4.78 is 10.7. The van der Waals surface area contributed by atoms with E-state index in [4.69, 9.17) is 9.47 Å². The normalized spacial score (nSPS) is 9.53. The van der Waals surface area contributed by atoms with E-state index in [-0.39, 0.29) is 5.75 Å². The molecule has 0 bridgehead atoms. The summed E-state index contributed by atoms with van der Waals surface area (Å²) in [6, 6.07) is 3.12. The van der Waals surface area contributed by atoms with Gasteiger partial charge in [0.1, 0.15) is 6.29 Å². The number of benzene rings is 1. The quantitative estimate of drug-likeness (QED) is 0.370. The summed E-state index contributed by atoms with van der Waals surface area (Å²) in [6.07, 6.45) is 0.689. The van der Waals surface area contributed by atoms with Gasteiger partial charge in [0.05, 0.1) is 10.7 Å². The maximum Gasteiger partial charge on any atom is 0.308 e. The Hall–Kier alpha value is -1.11. The van der Waals surface area contributed by atoms with Crippen molar-refractivity contribution in [3.05, 3.63) is 21.3 Å². The Labute approximate surface area is 101 Å². The number of hydrogen-bond donors (Lipinski definition) is 0. The number of rotatable bonds is 3. The van der Waals surface area contributed by atoms with Gasteiger partial charge in [0, 0.05) is 12.5 Å². The number of methoxy groups -OCH3 is 1. The van der Waals surface area contributed by atoms with Crippen molar-refractivity contribution in [2.45, 2.75) is 6.92 Å². The van der Waals surface area contributed by atoms with E-state index in [1.165, 1.54) is 20.1 Å². The molecule has 80 valence electrons. The van der Waals surface area contributed by atoms with Gasteiger partial charge in [-0.25, -0.2) is 0 Å². The highest BCUT2D eigenvalue weighted by molar-refractivity contribution is 14.1. The predicted molar refractivity (Wildman–Crippen MR) is 62.4 cm³/mol. The standard InChI is InChI=1S/C10H9IO4/c1-6(13)15-9-4-7(5-12)3-8(11)10(9)14-2/h3-5H,1-2H3. The zero-order valence-electron chi connectivity index (χ0n) is 8.24. The van der Waals surface area contributed by atoms with Gasteiger partial charge in [-0.3, -0.25) is 9.59 Å². The average Bonchev–Trinajstić information content (AvgIpc) is 2.16. The van der Waals surface area contributed by atoms with Crippen LogP contribution in [0.2, 0.25) is 0 Å². The third-order valence-corrected chi connectivity index (χ3v) is 2.43. The molecule has 0 saturated heterocycles. The summed E-state index contributed by atoms with van der Waals surface area (Å²) in [5.74, 6) is 0.266. The average molecular weight is 320 g/mol. The first-order valence-electron chi connectivity index (χ1n) is 4.09. The molecule has 1 rings (SSSR count). The molecule has 0 saturated carbocycles. The van der Waals surface area contributed by atoms with Gasteiger partial charge in [-0.2, -0.15) is 0 Å². The first-order valence-corrected chi connectivity index (χ1v) is 5.17. The number of aldehydes is 1. The van der Waals surface area contributed by atoms with Gasteiger partial charge in [-0.05, 0) is 34.7 Å². The second kappa shape index (κ2) is 5.11. The van der Waals surface area contributed by atoms with Crippen LogP contribution in [0.1, 0.15) is 17.3 Å². The van der Waals surface area contributed by atoms with Crippen LogP contribution in [0.25, 0.3) is 0 Å². The van der Waals surface area contributed by atoms with Gasteiger partial charge in [-0.15, -0.1) is 0 Å². The molecule has 0 radical (unpaired) electrons. The maximum absolute atomic E-state index is 10.8. The van der Waals surface area contributed by atoms with Crippen molar-refractivity contribution < 1.29 is 19.1 Å². The summed E-state index contributed by atoms with van der Waals surface area (Å²) in [4.78, 5) is 21.4. The molecule has 0 N–H and O–H groups in total. The summed E-state index contributed by atoms with van der Waals surface area (Å²) in [5, 5.41) is 0. The molecule has 4 nitrogen and oxygen atoms in total. The van der Waals surface area contributed by atoms with E-state index in [1.54, 1.807) is 6.07 Å². The van der Waals surface area contributed by atoms with Crippen molar-refractivity contribution in [1.29, 1.82) is 0 Å². The molecule has 0 aliphatic carbocycles. The van der Waals surface area contributed by atoms with Gasteiger partial charge >= 0.3 is 5.97 Å². The van der Waals surface area contributed by atoms with Crippen LogP contribution < -0.4 is 9.47 Å².